The molecule has 0 fully saturated rings. The second-order valence-corrected chi connectivity index (χ2v) is 6.89. The van der Waals surface area contributed by atoms with Crippen molar-refractivity contribution in [1.82, 2.24) is 34.8 Å². The SMILES string of the molecule is CC(=O)NCc1cc2n(n1)CCN(C(=O)c1nnc3n1CCCCC3)C2. The highest BCUT2D eigenvalue weighted by atomic mass is 16.2. The van der Waals surface area contributed by atoms with E-state index in [1.807, 2.05) is 15.3 Å². The Hall–Kier alpha value is -2.71. The number of amides is 2. The minimum Gasteiger partial charge on any atom is -0.351 e. The fourth-order valence-corrected chi connectivity index (χ4v) is 3.59. The summed E-state index contributed by atoms with van der Waals surface area (Å²) in [6.45, 7) is 4.43. The van der Waals surface area contributed by atoms with Gasteiger partial charge in [-0.25, -0.2) is 0 Å². The summed E-state index contributed by atoms with van der Waals surface area (Å²) in [5, 5.41) is 15.6. The number of nitrogens with one attached hydrogen (secondary N) is 1. The number of rotatable bonds is 3. The normalized spacial score (nSPS) is 16.6. The predicted molar refractivity (Wildman–Crippen MR) is 92.1 cm³/mol. The van der Waals surface area contributed by atoms with Crippen LogP contribution >= 0.6 is 0 Å². The first-order valence-corrected chi connectivity index (χ1v) is 9.13. The second-order valence-electron chi connectivity index (χ2n) is 6.89. The van der Waals surface area contributed by atoms with E-state index in [0.717, 1.165) is 49.4 Å². The van der Waals surface area contributed by atoms with Gasteiger partial charge in [0.05, 0.1) is 31.0 Å². The van der Waals surface area contributed by atoms with Crippen molar-refractivity contribution in [2.24, 2.45) is 0 Å². The smallest absolute Gasteiger partial charge is 0.292 e. The molecule has 1 N–H and O–H groups in total. The van der Waals surface area contributed by atoms with Crippen LogP contribution in [0.5, 0.6) is 0 Å². The molecule has 0 spiro atoms. The average molecular weight is 357 g/mol. The summed E-state index contributed by atoms with van der Waals surface area (Å²) in [6.07, 6.45) is 4.22. The third-order valence-electron chi connectivity index (χ3n) is 4.95. The van der Waals surface area contributed by atoms with E-state index >= 15 is 0 Å². The van der Waals surface area contributed by atoms with E-state index in [1.165, 1.54) is 6.92 Å². The molecule has 4 heterocycles. The van der Waals surface area contributed by atoms with Gasteiger partial charge in [-0.1, -0.05) is 6.42 Å². The van der Waals surface area contributed by atoms with Crippen molar-refractivity contribution < 1.29 is 9.59 Å². The summed E-state index contributed by atoms with van der Waals surface area (Å²) in [6, 6.07) is 1.94. The van der Waals surface area contributed by atoms with Crippen molar-refractivity contribution in [2.75, 3.05) is 6.54 Å². The van der Waals surface area contributed by atoms with Crippen LogP contribution in [-0.4, -0.2) is 47.8 Å². The minimum atomic E-state index is -0.0831. The molecule has 0 bridgehead atoms. The van der Waals surface area contributed by atoms with Gasteiger partial charge in [0.15, 0.2) is 0 Å². The Morgan fingerprint density at radius 1 is 1.15 bits per heavy atom. The quantitative estimate of drug-likeness (QED) is 0.862. The van der Waals surface area contributed by atoms with Gasteiger partial charge in [-0.05, 0) is 18.9 Å². The Morgan fingerprint density at radius 2 is 2.04 bits per heavy atom. The van der Waals surface area contributed by atoms with Crippen LogP contribution in [0.2, 0.25) is 0 Å². The molecule has 2 aliphatic heterocycles. The number of carbonyl (C=O) groups excluding carboxylic acids is 2. The van der Waals surface area contributed by atoms with Crippen LogP contribution in [0.15, 0.2) is 6.07 Å². The Labute approximate surface area is 151 Å². The van der Waals surface area contributed by atoms with Crippen LogP contribution in [0.1, 0.15) is 54.0 Å². The van der Waals surface area contributed by atoms with Crippen LogP contribution in [-0.2, 0) is 37.4 Å². The molecule has 0 atom stereocenters. The number of carbonyl (C=O) groups is 2. The van der Waals surface area contributed by atoms with Crippen molar-refractivity contribution in [2.45, 2.75) is 58.8 Å². The molecule has 0 radical (unpaired) electrons. The number of nitrogens with zero attached hydrogens (tertiary/aromatic N) is 6. The zero-order chi connectivity index (χ0) is 18.1. The summed E-state index contributed by atoms with van der Waals surface area (Å²) in [7, 11) is 0. The maximum absolute atomic E-state index is 13.0. The molecule has 2 aromatic rings. The van der Waals surface area contributed by atoms with E-state index in [1.54, 1.807) is 4.90 Å². The number of hydrogen-bond donors (Lipinski definition) is 1. The van der Waals surface area contributed by atoms with Crippen LogP contribution in [0.4, 0.5) is 0 Å². The molecule has 138 valence electrons. The van der Waals surface area contributed by atoms with Crippen molar-refractivity contribution in [3.63, 3.8) is 0 Å². The molecular weight excluding hydrogens is 334 g/mol. The number of fused-ring (bicyclic) bond motifs is 2. The van der Waals surface area contributed by atoms with Gasteiger partial charge in [0, 0.05) is 26.4 Å². The first kappa shape index (κ1) is 16.7. The van der Waals surface area contributed by atoms with Gasteiger partial charge in [-0.3, -0.25) is 14.3 Å². The molecule has 4 rings (SSSR count). The van der Waals surface area contributed by atoms with Crippen LogP contribution in [0.25, 0.3) is 0 Å². The van der Waals surface area contributed by atoms with E-state index in [9.17, 15) is 9.59 Å². The Bertz CT molecular complexity index is 838. The Balaban J connectivity index is 1.49. The lowest BCUT2D eigenvalue weighted by Gasteiger charge is -2.27. The lowest BCUT2D eigenvalue weighted by Crippen LogP contribution is -2.39. The maximum Gasteiger partial charge on any atom is 0.292 e. The highest BCUT2D eigenvalue weighted by molar-refractivity contribution is 5.90. The van der Waals surface area contributed by atoms with Crippen molar-refractivity contribution in [3.05, 3.63) is 29.1 Å². The van der Waals surface area contributed by atoms with E-state index in [-0.39, 0.29) is 11.8 Å². The lowest BCUT2D eigenvalue weighted by molar-refractivity contribution is -0.119. The van der Waals surface area contributed by atoms with Gasteiger partial charge in [-0.2, -0.15) is 5.10 Å². The fraction of sp³-hybridized carbons (Fsp3) is 0.588. The second kappa shape index (κ2) is 6.89. The van der Waals surface area contributed by atoms with Crippen molar-refractivity contribution in [1.29, 1.82) is 0 Å². The minimum absolute atomic E-state index is 0.0680. The molecule has 0 unspecified atom stereocenters. The third kappa shape index (κ3) is 3.21. The Morgan fingerprint density at radius 3 is 2.88 bits per heavy atom. The largest absolute Gasteiger partial charge is 0.351 e. The van der Waals surface area contributed by atoms with E-state index < -0.39 is 0 Å². The van der Waals surface area contributed by atoms with Gasteiger partial charge in [0.25, 0.3) is 5.91 Å². The third-order valence-corrected chi connectivity index (χ3v) is 4.95. The molecule has 0 aromatic carbocycles. The molecule has 2 amide bonds. The summed E-state index contributed by atoms with van der Waals surface area (Å²) in [5.41, 5.74) is 1.78. The van der Waals surface area contributed by atoms with Crippen LogP contribution < -0.4 is 5.32 Å². The molecule has 9 heteroatoms. The predicted octanol–water partition coefficient (Wildman–Crippen LogP) is 0.493. The number of hydrogen-bond acceptors (Lipinski definition) is 5. The molecule has 2 aromatic heterocycles. The number of aryl methyl sites for hydroxylation is 1. The number of aromatic nitrogens is 5. The summed E-state index contributed by atoms with van der Waals surface area (Å²) >= 11 is 0. The zero-order valence-corrected chi connectivity index (χ0v) is 14.9. The molecule has 0 saturated carbocycles. The molecule has 9 nitrogen and oxygen atoms in total. The molecule has 0 aliphatic carbocycles. The first-order chi connectivity index (χ1) is 12.6. The van der Waals surface area contributed by atoms with Crippen LogP contribution in [0.3, 0.4) is 0 Å². The monoisotopic (exact) mass is 357 g/mol. The average Bonchev–Trinajstić information content (AvgIpc) is 3.15. The zero-order valence-electron chi connectivity index (χ0n) is 14.9. The summed E-state index contributed by atoms with van der Waals surface area (Å²) < 4.78 is 3.90. The molecular formula is C17H23N7O2. The van der Waals surface area contributed by atoms with E-state index in [2.05, 4.69) is 20.6 Å². The van der Waals surface area contributed by atoms with E-state index in [4.69, 9.17) is 0 Å². The van der Waals surface area contributed by atoms with Crippen molar-refractivity contribution in [3.8, 4) is 0 Å². The topological polar surface area (TPSA) is 97.9 Å². The highest BCUT2D eigenvalue weighted by Gasteiger charge is 2.28. The lowest BCUT2D eigenvalue weighted by atomic mass is 10.2. The van der Waals surface area contributed by atoms with Gasteiger partial charge in [-0.15, -0.1) is 10.2 Å². The van der Waals surface area contributed by atoms with Gasteiger partial charge >= 0.3 is 0 Å². The summed E-state index contributed by atoms with van der Waals surface area (Å²) in [4.78, 5) is 25.9. The standard InChI is InChI=1S/C17H23N7O2/c1-12(25)18-10-13-9-14-11-22(7-8-24(14)21-13)17(26)16-20-19-15-5-3-2-4-6-23(15)16/h9H,2-8,10-11H2,1H3,(H,18,25). The van der Waals surface area contributed by atoms with Crippen LogP contribution in [0, 0.1) is 0 Å². The van der Waals surface area contributed by atoms with Gasteiger partial charge in [0.1, 0.15) is 5.82 Å². The van der Waals surface area contributed by atoms with Crippen molar-refractivity contribution >= 4 is 11.8 Å². The summed E-state index contributed by atoms with van der Waals surface area (Å²) in [5.74, 6) is 1.22. The van der Waals surface area contributed by atoms with E-state index in [0.29, 0.717) is 32.0 Å². The van der Waals surface area contributed by atoms with Gasteiger partial charge in [0.2, 0.25) is 11.7 Å². The fourth-order valence-electron chi connectivity index (χ4n) is 3.59. The maximum atomic E-state index is 13.0. The molecule has 0 saturated heterocycles. The first-order valence-electron chi connectivity index (χ1n) is 9.13. The Kier molecular flexibility index (Phi) is 4.44. The van der Waals surface area contributed by atoms with Gasteiger partial charge < -0.3 is 14.8 Å². The highest BCUT2D eigenvalue weighted by Crippen LogP contribution is 2.19. The molecule has 26 heavy (non-hydrogen) atoms. The molecule has 2 aliphatic rings.